The molecule has 0 aliphatic carbocycles. The molecule has 0 radical (unpaired) electrons. The van der Waals surface area contributed by atoms with Gasteiger partial charge in [-0.25, -0.2) is 0 Å². The molecule has 0 saturated carbocycles. The van der Waals surface area contributed by atoms with Crippen molar-refractivity contribution in [2.45, 2.75) is 108 Å². The van der Waals surface area contributed by atoms with Gasteiger partial charge in [0.25, 0.3) is 0 Å². The van der Waals surface area contributed by atoms with Crippen molar-refractivity contribution in [1.82, 2.24) is 0 Å². The Morgan fingerprint density at radius 3 is 1.17 bits per heavy atom. The summed E-state index contributed by atoms with van der Waals surface area (Å²) in [6.07, 6.45) is -9.18. The van der Waals surface area contributed by atoms with Gasteiger partial charge in [-0.2, -0.15) is 0 Å². The zero-order chi connectivity index (χ0) is 49.0. The number of hydrogen-bond acceptors (Lipinski definition) is 11. The van der Waals surface area contributed by atoms with Gasteiger partial charge < -0.3 is 52.5 Å². The number of ether oxygens (including phenoxy) is 10. The van der Waals surface area contributed by atoms with Crippen LogP contribution in [0, 0.1) is 0 Å². The lowest BCUT2D eigenvalue weighted by molar-refractivity contribution is -0.339. The molecule has 1 N–H and O–H groups in total. The predicted octanol–water partition coefficient (Wildman–Crippen LogP) is 10.2. The van der Waals surface area contributed by atoms with Crippen molar-refractivity contribution in [1.29, 1.82) is 0 Å². The molecule has 0 spiro atoms. The third-order valence-electron chi connectivity index (χ3n) is 12.7. The van der Waals surface area contributed by atoms with Crippen LogP contribution >= 0.6 is 0 Å². The summed E-state index contributed by atoms with van der Waals surface area (Å²) in [6.45, 7) is 2.03. The van der Waals surface area contributed by atoms with Gasteiger partial charge in [0, 0.05) is 0 Å². The summed E-state index contributed by atoms with van der Waals surface area (Å²) in [5, 5.41) is 12.0. The average Bonchev–Trinajstić information content (AvgIpc) is 3.78. The average molecular weight is 973 g/mol. The highest BCUT2D eigenvalue weighted by atomic mass is 16.8. The van der Waals surface area contributed by atoms with Crippen LogP contribution in [-0.4, -0.2) is 79.7 Å². The molecule has 0 bridgehead atoms. The van der Waals surface area contributed by atoms with E-state index >= 15 is 0 Å². The molecule has 374 valence electrons. The Labute approximate surface area is 423 Å². The fourth-order valence-electron chi connectivity index (χ4n) is 8.96. The summed E-state index contributed by atoms with van der Waals surface area (Å²) in [4.78, 5) is 0. The van der Waals surface area contributed by atoms with E-state index in [2.05, 4.69) is 0 Å². The van der Waals surface area contributed by atoms with E-state index in [1.807, 2.05) is 212 Å². The molecular formula is C61H64O11. The van der Waals surface area contributed by atoms with E-state index in [1.165, 1.54) is 0 Å². The van der Waals surface area contributed by atoms with Gasteiger partial charge >= 0.3 is 0 Å². The summed E-state index contributed by atoms with van der Waals surface area (Å²) < 4.78 is 68.3. The lowest BCUT2D eigenvalue weighted by Crippen LogP contribution is -2.62. The van der Waals surface area contributed by atoms with E-state index in [9.17, 15) is 5.11 Å². The molecule has 0 aromatic heterocycles. The molecular weight excluding hydrogens is 909 g/mol. The number of aliphatic hydroxyl groups is 1. The molecule has 1 unspecified atom stereocenters. The predicted molar refractivity (Wildman–Crippen MR) is 272 cm³/mol. The fourth-order valence-corrected chi connectivity index (χ4v) is 8.96. The minimum absolute atomic E-state index is 0.0446. The molecule has 2 aliphatic heterocycles. The number of hydrogen-bond donors (Lipinski definition) is 1. The SMILES string of the molecule is O[C@H]1O[C@H](COCc2ccccc2)[C@@H](OC2O[C@H]([C@@H](COCc3ccccc3)OCc3ccccc3)[C@H](OCc3ccccc3)[C@@H]2OCc2ccccc2)[C@H](OCc2ccccc2)[C@H]1OCc1ccccc1. The maximum atomic E-state index is 12.0. The standard InChI is InChI=1S/C61H64O11/c62-60-58(68-41-50-32-18-6-19-33-50)56(66-39-48-28-14-4-15-29-48)55(53(70-60)44-64-37-46-24-10-2-11-25-46)72-61-59(69-42-51-34-20-7-21-35-51)57(67-40-49-30-16-5-17-31-49)54(71-61)52(65-38-47-26-12-3-13-27-47)43-63-36-45-22-8-1-9-23-45/h1-35,52-62H,36-44H2/t52-,53-,54-,55-,56+,57+,58-,59+,60+,61?/m1/s1. The van der Waals surface area contributed by atoms with Gasteiger partial charge in [-0.15, -0.1) is 0 Å². The zero-order valence-electron chi connectivity index (χ0n) is 40.4. The minimum atomic E-state index is -1.40. The molecule has 7 aromatic rings. The van der Waals surface area contributed by atoms with Gasteiger partial charge in [-0.05, 0) is 38.9 Å². The van der Waals surface area contributed by atoms with E-state index in [1.54, 1.807) is 0 Å². The maximum absolute atomic E-state index is 12.0. The summed E-state index contributed by atoms with van der Waals surface area (Å²) in [6, 6.07) is 69.6. The van der Waals surface area contributed by atoms with Crippen molar-refractivity contribution >= 4 is 0 Å². The topological polar surface area (TPSA) is 113 Å². The Kier molecular flexibility index (Phi) is 19.3. The van der Waals surface area contributed by atoms with E-state index in [0.717, 1.165) is 38.9 Å². The monoisotopic (exact) mass is 972 g/mol. The molecule has 11 nitrogen and oxygen atoms in total. The van der Waals surface area contributed by atoms with Crippen LogP contribution in [0.3, 0.4) is 0 Å². The van der Waals surface area contributed by atoms with E-state index in [-0.39, 0.29) is 46.2 Å². The highest BCUT2D eigenvalue weighted by Gasteiger charge is 2.55. The normalized spacial score (nSPS) is 23.4. The Balaban J connectivity index is 1.08. The first kappa shape index (κ1) is 51.0. The Morgan fingerprint density at radius 1 is 0.361 bits per heavy atom. The number of benzene rings is 7. The van der Waals surface area contributed by atoms with Gasteiger partial charge in [0.2, 0.25) is 0 Å². The summed E-state index contributed by atoms with van der Waals surface area (Å²) in [7, 11) is 0. The molecule has 0 amide bonds. The van der Waals surface area contributed by atoms with Crippen molar-refractivity contribution in [2.75, 3.05) is 13.2 Å². The molecule has 9 rings (SSSR count). The zero-order valence-corrected chi connectivity index (χ0v) is 40.4. The van der Waals surface area contributed by atoms with Gasteiger partial charge in [0.15, 0.2) is 12.6 Å². The van der Waals surface area contributed by atoms with Crippen molar-refractivity contribution in [3.8, 4) is 0 Å². The summed E-state index contributed by atoms with van der Waals surface area (Å²) in [5.74, 6) is 0. The quantitative estimate of drug-likeness (QED) is 0.0560. The molecule has 2 fully saturated rings. The Bertz CT molecular complexity index is 2550. The second-order valence-corrected chi connectivity index (χ2v) is 18.0. The first-order chi connectivity index (χ1) is 35.6. The van der Waals surface area contributed by atoms with Crippen molar-refractivity contribution < 1.29 is 52.5 Å². The largest absolute Gasteiger partial charge is 0.374 e. The number of rotatable bonds is 26. The molecule has 10 atom stereocenters. The van der Waals surface area contributed by atoms with E-state index in [4.69, 9.17) is 47.4 Å². The molecule has 7 aromatic carbocycles. The Hall–Kier alpha value is -5.90. The fraction of sp³-hybridized carbons (Fsp3) is 0.311. The van der Waals surface area contributed by atoms with E-state index in [0.29, 0.717) is 13.2 Å². The first-order valence-corrected chi connectivity index (χ1v) is 24.8. The Morgan fingerprint density at radius 2 is 0.722 bits per heavy atom. The van der Waals surface area contributed by atoms with Crippen molar-refractivity contribution in [3.63, 3.8) is 0 Å². The summed E-state index contributed by atoms with van der Waals surface area (Å²) in [5.41, 5.74) is 6.79. The third-order valence-corrected chi connectivity index (χ3v) is 12.7. The highest BCUT2D eigenvalue weighted by molar-refractivity contribution is 5.19. The van der Waals surface area contributed by atoms with Crippen LogP contribution in [0.15, 0.2) is 212 Å². The van der Waals surface area contributed by atoms with Crippen LogP contribution in [0.1, 0.15) is 38.9 Å². The molecule has 2 heterocycles. The van der Waals surface area contributed by atoms with Crippen LogP contribution < -0.4 is 0 Å². The van der Waals surface area contributed by atoms with Crippen molar-refractivity contribution in [2.24, 2.45) is 0 Å². The molecule has 72 heavy (non-hydrogen) atoms. The second kappa shape index (κ2) is 27.2. The molecule has 2 saturated heterocycles. The van der Waals surface area contributed by atoms with Crippen LogP contribution in [0.25, 0.3) is 0 Å². The lowest BCUT2D eigenvalue weighted by Gasteiger charge is -2.45. The summed E-state index contributed by atoms with van der Waals surface area (Å²) >= 11 is 0. The van der Waals surface area contributed by atoms with Gasteiger partial charge in [-0.1, -0.05) is 212 Å². The highest BCUT2D eigenvalue weighted by Crippen LogP contribution is 2.37. The minimum Gasteiger partial charge on any atom is -0.374 e. The van der Waals surface area contributed by atoms with Gasteiger partial charge in [-0.3, -0.25) is 0 Å². The van der Waals surface area contributed by atoms with E-state index < -0.39 is 61.4 Å². The first-order valence-electron chi connectivity index (χ1n) is 24.8. The van der Waals surface area contributed by atoms with Crippen molar-refractivity contribution in [3.05, 3.63) is 251 Å². The van der Waals surface area contributed by atoms with Crippen LogP contribution in [0.4, 0.5) is 0 Å². The molecule has 2 aliphatic rings. The van der Waals surface area contributed by atoms with Gasteiger partial charge in [0.05, 0.1) is 59.5 Å². The smallest absolute Gasteiger partial charge is 0.187 e. The maximum Gasteiger partial charge on any atom is 0.187 e. The second-order valence-electron chi connectivity index (χ2n) is 18.0. The van der Waals surface area contributed by atoms with Crippen LogP contribution in [0.5, 0.6) is 0 Å². The number of aliphatic hydroxyl groups excluding tert-OH is 1. The molecule has 11 heteroatoms. The van der Waals surface area contributed by atoms with Crippen LogP contribution in [-0.2, 0) is 93.6 Å². The lowest BCUT2D eigenvalue weighted by atomic mass is 9.97. The van der Waals surface area contributed by atoms with Crippen LogP contribution in [0.2, 0.25) is 0 Å². The van der Waals surface area contributed by atoms with Gasteiger partial charge in [0.1, 0.15) is 48.8 Å². The third kappa shape index (κ3) is 14.8.